The lowest BCUT2D eigenvalue weighted by molar-refractivity contribution is 0.144. The molecule has 1 saturated carbocycles. The number of nitrogens with one attached hydrogen (secondary N) is 1. The molecule has 1 aromatic rings. The van der Waals surface area contributed by atoms with Crippen LogP contribution in [0, 0.1) is 0 Å². The van der Waals surface area contributed by atoms with Gasteiger partial charge in [-0.2, -0.15) is 0 Å². The molecule has 2 nitrogen and oxygen atoms in total. The topological polar surface area (TPSA) is 32.3 Å². The third kappa shape index (κ3) is 4.20. The summed E-state index contributed by atoms with van der Waals surface area (Å²) in [5.74, 6) is 0. The van der Waals surface area contributed by atoms with E-state index in [2.05, 4.69) is 5.32 Å². The van der Waals surface area contributed by atoms with Crippen molar-refractivity contribution >= 4 is 41.3 Å². The van der Waals surface area contributed by atoms with E-state index < -0.39 is 0 Å². The van der Waals surface area contributed by atoms with Crippen LogP contribution in [0.4, 0.5) is 5.69 Å². The first kappa shape index (κ1) is 15.9. The molecule has 2 rings (SSSR count). The normalized spacial score (nSPS) is 23.9. The van der Waals surface area contributed by atoms with Crippen LogP contribution in [-0.4, -0.2) is 17.3 Å². The van der Waals surface area contributed by atoms with Crippen molar-refractivity contribution in [3.63, 3.8) is 0 Å². The molecular formula is C13H18Cl3NO. The molecule has 0 aromatic heterocycles. The minimum atomic E-state index is -0.271. The first-order valence-corrected chi connectivity index (χ1v) is 6.82. The summed E-state index contributed by atoms with van der Waals surface area (Å²) in [7, 11) is 0. The second-order valence-electron chi connectivity index (χ2n) is 4.59. The van der Waals surface area contributed by atoms with Gasteiger partial charge < -0.3 is 10.4 Å². The fourth-order valence-corrected chi connectivity index (χ4v) is 2.55. The zero-order valence-electron chi connectivity index (χ0n) is 10.0. The zero-order chi connectivity index (χ0) is 12.3. The zero-order valence-corrected chi connectivity index (χ0v) is 12.4. The van der Waals surface area contributed by atoms with E-state index >= 15 is 0 Å². The second kappa shape index (κ2) is 7.44. The molecule has 1 aliphatic carbocycles. The molecule has 0 heterocycles. The maximum absolute atomic E-state index is 10.0. The van der Waals surface area contributed by atoms with Gasteiger partial charge in [-0.05, 0) is 31.0 Å². The van der Waals surface area contributed by atoms with Crippen molar-refractivity contribution in [3.8, 4) is 0 Å². The number of halogens is 3. The molecular weight excluding hydrogens is 293 g/mol. The molecule has 0 saturated heterocycles. The van der Waals surface area contributed by atoms with Gasteiger partial charge in [0.2, 0.25) is 0 Å². The molecule has 102 valence electrons. The summed E-state index contributed by atoms with van der Waals surface area (Å²) < 4.78 is 0. The molecule has 1 aliphatic rings. The fourth-order valence-electron chi connectivity index (χ4n) is 2.26. The number of aliphatic hydroxyl groups excluding tert-OH is 1. The minimum Gasteiger partial charge on any atom is -0.391 e. The van der Waals surface area contributed by atoms with Crippen molar-refractivity contribution in [1.29, 1.82) is 0 Å². The SMILES string of the molecule is Cl.OC1CCCCCC1Nc1ccc(Cl)c(Cl)c1. The number of hydrogen-bond donors (Lipinski definition) is 2. The molecule has 0 bridgehead atoms. The van der Waals surface area contributed by atoms with Gasteiger partial charge in [-0.3, -0.25) is 0 Å². The van der Waals surface area contributed by atoms with E-state index in [0.29, 0.717) is 10.0 Å². The van der Waals surface area contributed by atoms with Crippen LogP contribution in [0.5, 0.6) is 0 Å². The molecule has 0 radical (unpaired) electrons. The number of anilines is 1. The van der Waals surface area contributed by atoms with Crippen LogP contribution >= 0.6 is 35.6 Å². The minimum absolute atomic E-state index is 0. The predicted octanol–water partition coefficient (Wildman–Crippen LogP) is 4.52. The quantitative estimate of drug-likeness (QED) is 0.787. The van der Waals surface area contributed by atoms with E-state index in [-0.39, 0.29) is 24.6 Å². The molecule has 0 amide bonds. The van der Waals surface area contributed by atoms with E-state index in [1.54, 1.807) is 6.07 Å². The average Bonchev–Trinajstić information content (AvgIpc) is 2.50. The van der Waals surface area contributed by atoms with Gasteiger partial charge in [0, 0.05) is 5.69 Å². The van der Waals surface area contributed by atoms with Crippen LogP contribution in [-0.2, 0) is 0 Å². The van der Waals surface area contributed by atoms with Crippen LogP contribution in [0.25, 0.3) is 0 Å². The monoisotopic (exact) mass is 309 g/mol. The van der Waals surface area contributed by atoms with E-state index in [1.165, 1.54) is 6.42 Å². The largest absolute Gasteiger partial charge is 0.391 e. The molecule has 18 heavy (non-hydrogen) atoms. The van der Waals surface area contributed by atoms with Crippen LogP contribution in [0.3, 0.4) is 0 Å². The van der Waals surface area contributed by atoms with E-state index in [1.807, 2.05) is 12.1 Å². The van der Waals surface area contributed by atoms with Crippen molar-refractivity contribution < 1.29 is 5.11 Å². The van der Waals surface area contributed by atoms with Gasteiger partial charge in [0.15, 0.2) is 0 Å². The summed E-state index contributed by atoms with van der Waals surface area (Å²) in [6.45, 7) is 0. The van der Waals surface area contributed by atoms with Crippen LogP contribution in [0.15, 0.2) is 18.2 Å². The Balaban J connectivity index is 0.00000162. The average molecular weight is 311 g/mol. The highest BCUT2D eigenvalue weighted by Gasteiger charge is 2.21. The van der Waals surface area contributed by atoms with Gasteiger partial charge in [-0.15, -0.1) is 12.4 Å². The Hall–Kier alpha value is -0.150. The van der Waals surface area contributed by atoms with Crippen molar-refractivity contribution in [2.45, 2.75) is 44.2 Å². The molecule has 2 unspecified atom stereocenters. The Morgan fingerprint density at radius 3 is 2.50 bits per heavy atom. The summed E-state index contributed by atoms with van der Waals surface area (Å²) >= 11 is 11.8. The Labute approximate surface area is 124 Å². The third-order valence-corrected chi connectivity index (χ3v) is 3.99. The van der Waals surface area contributed by atoms with Gasteiger partial charge in [0.25, 0.3) is 0 Å². The predicted molar refractivity (Wildman–Crippen MR) is 80.2 cm³/mol. The highest BCUT2D eigenvalue weighted by Crippen LogP contribution is 2.27. The standard InChI is InChI=1S/C13H17Cl2NO.ClH/c14-10-7-6-9(8-11(10)15)16-12-4-2-1-3-5-13(12)17;/h6-8,12-13,16-17H,1-5H2;1H. The van der Waals surface area contributed by atoms with Crippen molar-refractivity contribution in [1.82, 2.24) is 0 Å². The summed E-state index contributed by atoms with van der Waals surface area (Å²) in [4.78, 5) is 0. The van der Waals surface area contributed by atoms with Crippen molar-refractivity contribution in [2.75, 3.05) is 5.32 Å². The number of benzene rings is 1. The summed E-state index contributed by atoms with van der Waals surface area (Å²) in [6.07, 6.45) is 5.08. The summed E-state index contributed by atoms with van der Waals surface area (Å²) in [5, 5.41) is 14.5. The first-order valence-electron chi connectivity index (χ1n) is 6.06. The van der Waals surface area contributed by atoms with Gasteiger partial charge in [-0.1, -0.05) is 42.5 Å². The molecule has 0 aliphatic heterocycles. The molecule has 0 spiro atoms. The third-order valence-electron chi connectivity index (χ3n) is 3.25. The van der Waals surface area contributed by atoms with Crippen LogP contribution < -0.4 is 5.32 Å². The van der Waals surface area contributed by atoms with Crippen molar-refractivity contribution in [3.05, 3.63) is 28.2 Å². The smallest absolute Gasteiger partial charge is 0.0741 e. The highest BCUT2D eigenvalue weighted by atomic mass is 35.5. The maximum atomic E-state index is 10.0. The lowest BCUT2D eigenvalue weighted by atomic mass is 10.1. The summed E-state index contributed by atoms with van der Waals surface area (Å²) in [5.41, 5.74) is 0.922. The Morgan fingerprint density at radius 1 is 1.06 bits per heavy atom. The fraction of sp³-hybridized carbons (Fsp3) is 0.538. The Morgan fingerprint density at radius 2 is 1.78 bits per heavy atom. The molecule has 1 fully saturated rings. The van der Waals surface area contributed by atoms with Gasteiger partial charge in [0.1, 0.15) is 0 Å². The van der Waals surface area contributed by atoms with Crippen molar-refractivity contribution in [2.24, 2.45) is 0 Å². The number of aliphatic hydroxyl groups is 1. The lowest BCUT2D eigenvalue weighted by Crippen LogP contribution is -2.32. The molecule has 2 N–H and O–H groups in total. The van der Waals surface area contributed by atoms with Gasteiger partial charge in [0.05, 0.1) is 22.2 Å². The van der Waals surface area contributed by atoms with Crippen LogP contribution in [0.1, 0.15) is 32.1 Å². The Kier molecular flexibility index (Phi) is 6.58. The number of hydrogen-bond acceptors (Lipinski definition) is 2. The second-order valence-corrected chi connectivity index (χ2v) is 5.40. The molecule has 2 atom stereocenters. The highest BCUT2D eigenvalue weighted by molar-refractivity contribution is 6.42. The lowest BCUT2D eigenvalue weighted by Gasteiger charge is -2.23. The van der Waals surface area contributed by atoms with Gasteiger partial charge in [-0.25, -0.2) is 0 Å². The first-order chi connectivity index (χ1) is 8.16. The van der Waals surface area contributed by atoms with E-state index in [9.17, 15) is 5.11 Å². The molecule has 1 aromatic carbocycles. The van der Waals surface area contributed by atoms with Crippen LogP contribution in [0.2, 0.25) is 10.0 Å². The molecule has 5 heteroatoms. The van der Waals surface area contributed by atoms with Gasteiger partial charge >= 0.3 is 0 Å². The summed E-state index contributed by atoms with van der Waals surface area (Å²) in [6, 6.07) is 5.59. The Bertz CT molecular complexity index is 386. The van der Waals surface area contributed by atoms with E-state index in [4.69, 9.17) is 23.2 Å². The maximum Gasteiger partial charge on any atom is 0.0741 e. The van der Waals surface area contributed by atoms with E-state index in [0.717, 1.165) is 31.4 Å². The number of rotatable bonds is 2.